The summed E-state index contributed by atoms with van der Waals surface area (Å²) in [7, 11) is 5.48. The Kier molecular flexibility index (Phi) is 7.31. The predicted octanol–water partition coefficient (Wildman–Crippen LogP) is 2.19. The number of furan rings is 1. The maximum absolute atomic E-state index is 9.98. The van der Waals surface area contributed by atoms with Gasteiger partial charge in [0.15, 0.2) is 0 Å². The van der Waals surface area contributed by atoms with E-state index in [1.807, 2.05) is 56.3 Å². The van der Waals surface area contributed by atoms with Crippen molar-refractivity contribution in [2.24, 2.45) is 0 Å². The number of ether oxygens (including phenoxy) is 2. The maximum atomic E-state index is 9.98. The first-order valence-electron chi connectivity index (χ1n) is 8.36. The molecule has 25 heavy (non-hydrogen) atoms. The quantitative estimate of drug-likeness (QED) is 0.686. The van der Waals surface area contributed by atoms with E-state index in [9.17, 15) is 5.11 Å². The Morgan fingerprint density at radius 1 is 1.20 bits per heavy atom. The van der Waals surface area contributed by atoms with Gasteiger partial charge in [-0.05, 0) is 51.4 Å². The average molecular weight is 348 g/mol. The molecule has 0 aliphatic rings. The number of methoxy groups -OCH3 is 1. The van der Waals surface area contributed by atoms with Crippen LogP contribution in [0.25, 0.3) is 0 Å². The number of hydrogen-bond acceptors (Lipinski definition) is 6. The molecule has 1 atom stereocenters. The highest BCUT2D eigenvalue weighted by atomic mass is 16.5. The fourth-order valence-electron chi connectivity index (χ4n) is 2.52. The molecule has 2 aromatic rings. The molecule has 0 fully saturated rings. The molecule has 6 heteroatoms. The van der Waals surface area contributed by atoms with E-state index >= 15 is 0 Å². The molecule has 138 valence electrons. The Morgan fingerprint density at radius 3 is 2.64 bits per heavy atom. The van der Waals surface area contributed by atoms with Crippen molar-refractivity contribution in [2.75, 3.05) is 34.4 Å². The third-order valence-electron chi connectivity index (χ3n) is 3.69. The molecule has 0 radical (unpaired) electrons. The fraction of sp³-hybridized carbons (Fsp3) is 0.474. The molecule has 0 unspecified atom stereocenters. The molecule has 0 saturated carbocycles. The standard InChI is InChI=1S/C19H28N2O4/c1-14-5-6-18(25-14)11-20-10-15-9-17(23-4)7-8-19(15)24-13-16(22)12-21(2)3/h5-9,16,20,22H,10-13H2,1-4H3/t16-/m1/s1. The summed E-state index contributed by atoms with van der Waals surface area (Å²) in [5, 5.41) is 13.3. The predicted molar refractivity (Wildman–Crippen MR) is 97.0 cm³/mol. The first-order valence-corrected chi connectivity index (χ1v) is 8.36. The minimum Gasteiger partial charge on any atom is -0.497 e. The Morgan fingerprint density at radius 2 is 2.00 bits per heavy atom. The number of hydrogen-bond donors (Lipinski definition) is 2. The van der Waals surface area contributed by atoms with Crippen molar-refractivity contribution in [3.63, 3.8) is 0 Å². The molecule has 1 aromatic heterocycles. The molecule has 0 spiro atoms. The number of nitrogens with one attached hydrogen (secondary N) is 1. The van der Waals surface area contributed by atoms with Crippen LogP contribution in [0, 0.1) is 6.92 Å². The first kappa shape index (κ1) is 19.3. The maximum Gasteiger partial charge on any atom is 0.124 e. The van der Waals surface area contributed by atoms with Gasteiger partial charge in [-0.25, -0.2) is 0 Å². The summed E-state index contributed by atoms with van der Waals surface area (Å²) in [5.41, 5.74) is 0.972. The van der Waals surface area contributed by atoms with E-state index in [0.29, 0.717) is 19.6 Å². The van der Waals surface area contributed by atoms with Crippen LogP contribution in [0.1, 0.15) is 17.1 Å². The Labute approximate surface area is 149 Å². The van der Waals surface area contributed by atoms with Crippen molar-refractivity contribution < 1.29 is 19.0 Å². The lowest BCUT2D eigenvalue weighted by Gasteiger charge is -2.18. The van der Waals surface area contributed by atoms with E-state index in [1.54, 1.807) is 7.11 Å². The molecule has 1 aromatic carbocycles. The van der Waals surface area contributed by atoms with Crippen molar-refractivity contribution in [3.8, 4) is 11.5 Å². The van der Waals surface area contributed by atoms with Gasteiger partial charge in [-0.3, -0.25) is 0 Å². The zero-order valence-electron chi connectivity index (χ0n) is 15.4. The monoisotopic (exact) mass is 348 g/mol. The van der Waals surface area contributed by atoms with E-state index in [0.717, 1.165) is 28.6 Å². The first-order chi connectivity index (χ1) is 12.0. The summed E-state index contributed by atoms with van der Waals surface area (Å²) in [6.45, 7) is 3.97. The third-order valence-corrected chi connectivity index (χ3v) is 3.69. The molecule has 0 bridgehead atoms. The summed E-state index contributed by atoms with van der Waals surface area (Å²) >= 11 is 0. The number of nitrogens with zero attached hydrogens (tertiary/aromatic N) is 1. The topological polar surface area (TPSA) is 67.1 Å². The summed E-state index contributed by atoms with van der Waals surface area (Å²) in [4.78, 5) is 1.93. The lowest BCUT2D eigenvalue weighted by molar-refractivity contribution is 0.0826. The van der Waals surface area contributed by atoms with E-state index in [-0.39, 0.29) is 6.61 Å². The van der Waals surface area contributed by atoms with Crippen molar-refractivity contribution >= 4 is 0 Å². The van der Waals surface area contributed by atoms with E-state index < -0.39 is 6.10 Å². The molecule has 0 aliphatic heterocycles. The Bertz CT molecular complexity index is 655. The van der Waals surface area contributed by atoms with Gasteiger partial charge in [0.2, 0.25) is 0 Å². The highest BCUT2D eigenvalue weighted by Crippen LogP contribution is 2.24. The Hall–Kier alpha value is -2.02. The normalized spacial score (nSPS) is 12.4. The highest BCUT2D eigenvalue weighted by molar-refractivity contribution is 5.40. The van der Waals surface area contributed by atoms with Gasteiger partial charge in [0, 0.05) is 18.7 Å². The van der Waals surface area contributed by atoms with Crippen molar-refractivity contribution in [3.05, 3.63) is 47.4 Å². The second-order valence-corrected chi connectivity index (χ2v) is 6.32. The number of aliphatic hydroxyl groups is 1. The second kappa shape index (κ2) is 9.46. The summed E-state index contributed by atoms with van der Waals surface area (Å²) < 4.78 is 16.7. The van der Waals surface area contributed by atoms with Crippen LogP contribution < -0.4 is 14.8 Å². The van der Waals surface area contributed by atoms with Crippen LogP contribution in [-0.2, 0) is 13.1 Å². The third kappa shape index (κ3) is 6.42. The second-order valence-electron chi connectivity index (χ2n) is 6.32. The zero-order chi connectivity index (χ0) is 18.2. The molecule has 2 rings (SSSR count). The molecular weight excluding hydrogens is 320 g/mol. The number of aryl methyl sites for hydroxylation is 1. The van der Waals surface area contributed by atoms with Gasteiger partial charge in [-0.1, -0.05) is 0 Å². The molecule has 6 nitrogen and oxygen atoms in total. The Balaban J connectivity index is 1.96. The van der Waals surface area contributed by atoms with Crippen molar-refractivity contribution in [1.82, 2.24) is 10.2 Å². The van der Waals surface area contributed by atoms with E-state index in [2.05, 4.69) is 5.32 Å². The van der Waals surface area contributed by atoms with E-state index in [4.69, 9.17) is 13.9 Å². The number of benzene rings is 1. The molecule has 0 aliphatic carbocycles. The van der Waals surface area contributed by atoms with Gasteiger partial charge in [-0.2, -0.15) is 0 Å². The van der Waals surface area contributed by atoms with Crippen LogP contribution >= 0.6 is 0 Å². The smallest absolute Gasteiger partial charge is 0.124 e. The minimum atomic E-state index is -0.538. The van der Waals surface area contributed by atoms with Crippen LogP contribution in [0.4, 0.5) is 0 Å². The van der Waals surface area contributed by atoms with Crippen LogP contribution in [0.3, 0.4) is 0 Å². The SMILES string of the molecule is COc1ccc(OC[C@H](O)CN(C)C)c(CNCc2ccc(C)o2)c1. The summed E-state index contributed by atoms with van der Waals surface area (Å²) in [5.74, 6) is 3.30. The zero-order valence-corrected chi connectivity index (χ0v) is 15.4. The summed E-state index contributed by atoms with van der Waals surface area (Å²) in [6, 6.07) is 9.57. The van der Waals surface area contributed by atoms with Crippen LogP contribution in [-0.4, -0.2) is 50.5 Å². The fourth-order valence-corrected chi connectivity index (χ4v) is 2.52. The van der Waals surface area contributed by atoms with Gasteiger partial charge >= 0.3 is 0 Å². The largest absolute Gasteiger partial charge is 0.497 e. The van der Waals surface area contributed by atoms with Crippen molar-refractivity contribution in [2.45, 2.75) is 26.1 Å². The van der Waals surface area contributed by atoms with Crippen LogP contribution in [0.5, 0.6) is 11.5 Å². The van der Waals surface area contributed by atoms with E-state index in [1.165, 1.54) is 0 Å². The molecule has 0 saturated heterocycles. The number of aliphatic hydroxyl groups excluding tert-OH is 1. The van der Waals surface area contributed by atoms with Gasteiger partial charge < -0.3 is 29.2 Å². The average Bonchev–Trinajstić information content (AvgIpc) is 2.98. The van der Waals surface area contributed by atoms with Crippen LogP contribution in [0.2, 0.25) is 0 Å². The molecule has 2 N–H and O–H groups in total. The highest BCUT2D eigenvalue weighted by Gasteiger charge is 2.11. The molecule has 0 amide bonds. The van der Waals surface area contributed by atoms with Crippen LogP contribution in [0.15, 0.2) is 34.7 Å². The van der Waals surface area contributed by atoms with Gasteiger partial charge in [0.1, 0.15) is 35.7 Å². The van der Waals surface area contributed by atoms with Gasteiger partial charge in [0.25, 0.3) is 0 Å². The molecular formula is C19H28N2O4. The number of rotatable bonds is 10. The van der Waals surface area contributed by atoms with Gasteiger partial charge in [0.05, 0.1) is 13.7 Å². The summed E-state index contributed by atoms with van der Waals surface area (Å²) in [6.07, 6.45) is -0.538. The number of likely N-dealkylation sites (N-methyl/N-ethyl adjacent to an activating group) is 1. The van der Waals surface area contributed by atoms with Gasteiger partial charge in [-0.15, -0.1) is 0 Å². The molecule has 1 heterocycles. The lowest BCUT2D eigenvalue weighted by atomic mass is 10.2. The lowest BCUT2D eigenvalue weighted by Crippen LogP contribution is -2.30. The minimum absolute atomic E-state index is 0.245. The van der Waals surface area contributed by atoms with Crippen molar-refractivity contribution in [1.29, 1.82) is 0 Å².